The molecular formula is C9H12FNO. The van der Waals surface area contributed by atoms with Crippen LogP contribution in [-0.4, -0.2) is 13.7 Å². The molecule has 0 radical (unpaired) electrons. The molecule has 0 aliphatic carbocycles. The molecule has 1 rings (SSSR count). The third kappa shape index (κ3) is 2.29. The first-order valence-corrected chi connectivity index (χ1v) is 3.74. The maximum atomic E-state index is 12.7. The molecule has 2 nitrogen and oxygen atoms in total. The predicted octanol–water partition coefficient (Wildman–Crippen LogP) is 1.47. The SMILES string of the molecule is COC[C@@H](N)c1cccc(F)c1. The fourth-order valence-corrected chi connectivity index (χ4v) is 1.01. The molecule has 3 heteroatoms. The van der Waals surface area contributed by atoms with Crippen LogP contribution in [0.3, 0.4) is 0 Å². The van der Waals surface area contributed by atoms with Crippen molar-refractivity contribution in [2.24, 2.45) is 5.73 Å². The maximum absolute atomic E-state index is 12.7. The molecule has 0 saturated heterocycles. The van der Waals surface area contributed by atoms with Gasteiger partial charge >= 0.3 is 0 Å². The molecule has 0 aromatic heterocycles. The van der Waals surface area contributed by atoms with Gasteiger partial charge in [0.25, 0.3) is 0 Å². The molecule has 12 heavy (non-hydrogen) atoms. The number of halogens is 1. The number of ether oxygens (including phenoxy) is 1. The van der Waals surface area contributed by atoms with Crippen LogP contribution in [0.1, 0.15) is 11.6 Å². The Hall–Kier alpha value is -0.930. The van der Waals surface area contributed by atoms with Crippen LogP contribution < -0.4 is 5.73 Å². The molecule has 0 spiro atoms. The van der Waals surface area contributed by atoms with E-state index in [2.05, 4.69) is 0 Å². The van der Waals surface area contributed by atoms with Crippen LogP contribution in [0.25, 0.3) is 0 Å². The van der Waals surface area contributed by atoms with Crippen LogP contribution in [-0.2, 0) is 4.74 Å². The Morgan fingerprint density at radius 2 is 2.33 bits per heavy atom. The van der Waals surface area contributed by atoms with E-state index in [0.29, 0.717) is 6.61 Å². The van der Waals surface area contributed by atoms with Crippen molar-refractivity contribution in [1.82, 2.24) is 0 Å². The van der Waals surface area contributed by atoms with Gasteiger partial charge in [-0.1, -0.05) is 12.1 Å². The van der Waals surface area contributed by atoms with Gasteiger partial charge in [0.05, 0.1) is 12.6 Å². The third-order valence-electron chi connectivity index (χ3n) is 1.62. The Kier molecular flexibility index (Phi) is 3.19. The zero-order valence-corrected chi connectivity index (χ0v) is 6.96. The van der Waals surface area contributed by atoms with Gasteiger partial charge in [-0.3, -0.25) is 0 Å². The van der Waals surface area contributed by atoms with Gasteiger partial charge in [0.2, 0.25) is 0 Å². The molecule has 1 aromatic carbocycles. The molecule has 0 bridgehead atoms. The highest BCUT2D eigenvalue weighted by molar-refractivity contribution is 5.19. The van der Waals surface area contributed by atoms with Crippen molar-refractivity contribution < 1.29 is 9.13 Å². The van der Waals surface area contributed by atoms with Gasteiger partial charge in [0.15, 0.2) is 0 Å². The van der Waals surface area contributed by atoms with Gasteiger partial charge < -0.3 is 10.5 Å². The van der Waals surface area contributed by atoms with Gasteiger partial charge in [-0.2, -0.15) is 0 Å². The highest BCUT2D eigenvalue weighted by Gasteiger charge is 2.04. The van der Waals surface area contributed by atoms with Crippen molar-refractivity contribution in [1.29, 1.82) is 0 Å². The summed E-state index contributed by atoms with van der Waals surface area (Å²) in [7, 11) is 1.57. The molecule has 2 N–H and O–H groups in total. The van der Waals surface area contributed by atoms with Crippen molar-refractivity contribution in [2.45, 2.75) is 6.04 Å². The predicted molar refractivity (Wildman–Crippen MR) is 45.2 cm³/mol. The number of methoxy groups -OCH3 is 1. The van der Waals surface area contributed by atoms with Crippen LogP contribution in [0.5, 0.6) is 0 Å². The molecule has 0 saturated carbocycles. The summed E-state index contributed by atoms with van der Waals surface area (Å²) in [5.41, 5.74) is 6.44. The number of benzene rings is 1. The number of hydrogen-bond donors (Lipinski definition) is 1. The summed E-state index contributed by atoms with van der Waals surface area (Å²) in [6, 6.07) is 5.99. The van der Waals surface area contributed by atoms with Crippen LogP contribution in [0.4, 0.5) is 4.39 Å². The van der Waals surface area contributed by atoms with E-state index < -0.39 is 0 Å². The Morgan fingerprint density at radius 3 is 2.92 bits per heavy atom. The van der Waals surface area contributed by atoms with Crippen molar-refractivity contribution in [3.63, 3.8) is 0 Å². The molecule has 0 aliphatic rings. The smallest absolute Gasteiger partial charge is 0.123 e. The molecule has 1 atom stereocenters. The first kappa shape index (κ1) is 9.16. The molecule has 1 aromatic rings. The summed E-state index contributed by atoms with van der Waals surface area (Å²) >= 11 is 0. The van der Waals surface area contributed by atoms with E-state index in [0.717, 1.165) is 5.56 Å². The van der Waals surface area contributed by atoms with E-state index in [1.807, 2.05) is 0 Å². The van der Waals surface area contributed by atoms with Crippen molar-refractivity contribution >= 4 is 0 Å². The summed E-state index contributed by atoms with van der Waals surface area (Å²) < 4.78 is 17.5. The summed E-state index contributed by atoms with van der Waals surface area (Å²) in [6.07, 6.45) is 0. The summed E-state index contributed by atoms with van der Waals surface area (Å²) in [4.78, 5) is 0. The number of hydrogen-bond acceptors (Lipinski definition) is 2. The standard InChI is InChI=1S/C9H12FNO/c1-12-6-9(11)7-3-2-4-8(10)5-7/h2-5,9H,6,11H2,1H3/t9-/m1/s1. The third-order valence-corrected chi connectivity index (χ3v) is 1.62. The Labute approximate surface area is 71.1 Å². The minimum Gasteiger partial charge on any atom is -0.383 e. The Bertz CT molecular complexity index is 252. The quantitative estimate of drug-likeness (QED) is 0.743. The van der Waals surface area contributed by atoms with E-state index in [9.17, 15) is 4.39 Å². The molecule has 0 unspecified atom stereocenters. The fourth-order valence-electron chi connectivity index (χ4n) is 1.01. The van der Waals surface area contributed by atoms with Gasteiger partial charge in [0, 0.05) is 7.11 Å². The minimum absolute atomic E-state index is 0.245. The first-order valence-electron chi connectivity index (χ1n) is 3.74. The van der Waals surface area contributed by atoms with Crippen LogP contribution in [0, 0.1) is 5.82 Å². The summed E-state index contributed by atoms with van der Waals surface area (Å²) in [6.45, 7) is 0.406. The van der Waals surface area contributed by atoms with Gasteiger partial charge in [0.1, 0.15) is 5.82 Å². The van der Waals surface area contributed by atoms with Crippen LogP contribution in [0.15, 0.2) is 24.3 Å². The van der Waals surface area contributed by atoms with E-state index in [4.69, 9.17) is 10.5 Å². The normalized spacial score (nSPS) is 12.9. The summed E-state index contributed by atoms with van der Waals surface area (Å²) in [5.74, 6) is -0.265. The molecule has 0 heterocycles. The maximum Gasteiger partial charge on any atom is 0.123 e. The number of nitrogens with two attached hydrogens (primary N) is 1. The van der Waals surface area contributed by atoms with Crippen molar-refractivity contribution in [2.75, 3.05) is 13.7 Å². The molecular weight excluding hydrogens is 157 g/mol. The lowest BCUT2D eigenvalue weighted by Gasteiger charge is -2.09. The average Bonchev–Trinajstić information content (AvgIpc) is 2.05. The lowest BCUT2D eigenvalue weighted by Crippen LogP contribution is -2.15. The second-order valence-electron chi connectivity index (χ2n) is 2.62. The van der Waals surface area contributed by atoms with Gasteiger partial charge in [-0.15, -0.1) is 0 Å². The monoisotopic (exact) mass is 169 g/mol. The molecule has 0 aliphatic heterocycles. The minimum atomic E-state index is -0.265. The van der Waals surface area contributed by atoms with Gasteiger partial charge in [-0.25, -0.2) is 4.39 Å². The molecule has 0 amide bonds. The lowest BCUT2D eigenvalue weighted by atomic mass is 10.1. The van der Waals surface area contributed by atoms with Gasteiger partial charge in [-0.05, 0) is 17.7 Å². The van der Waals surface area contributed by atoms with E-state index >= 15 is 0 Å². The van der Waals surface area contributed by atoms with E-state index in [-0.39, 0.29) is 11.9 Å². The lowest BCUT2D eigenvalue weighted by molar-refractivity contribution is 0.181. The average molecular weight is 169 g/mol. The van der Waals surface area contributed by atoms with E-state index in [1.54, 1.807) is 19.2 Å². The van der Waals surface area contributed by atoms with Crippen LogP contribution in [0.2, 0.25) is 0 Å². The van der Waals surface area contributed by atoms with E-state index in [1.165, 1.54) is 12.1 Å². The molecule has 66 valence electrons. The topological polar surface area (TPSA) is 35.2 Å². The second-order valence-corrected chi connectivity index (χ2v) is 2.62. The largest absolute Gasteiger partial charge is 0.383 e. The van der Waals surface area contributed by atoms with Crippen molar-refractivity contribution in [3.8, 4) is 0 Å². The fraction of sp³-hybridized carbons (Fsp3) is 0.333. The molecule has 0 fully saturated rings. The van der Waals surface area contributed by atoms with Crippen LogP contribution >= 0.6 is 0 Å². The first-order chi connectivity index (χ1) is 5.74. The zero-order chi connectivity index (χ0) is 8.97. The Balaban J connectivity index is 2.73. The van der Waals surface area contributed by atoms with Crippen molar-refractivity contribution in [3.05, 3.63) is 35.6 Å². The Morgan fingerprint density at radius 1 is 1.58 bits per heavy atom. The second kappa shape index (κ2) is 4.18. The number of rotatable bonds is 3. The highest BCUT2D eigenvalue weighted by atomic mass is 19.1. The zero-order valence-electron chi connectivity index (χ0n) is 6.96. The summed E-state index contributed by atoms with van der Waals surface area (Å²) in [5, 5.41) is 0. The highest BCUT2D eigenvalue weighted by Crippen LogP contribution is 2.11.